The zero-order valence-electron chi connectivity index (χ0n) is 14.4. The SMILES string of the molecule is CCCCCCCCCc1cccc2cc3ccccc3cc12. The minimum atomic E-state index is 1.21. The van der Waals surface area contributed by atoms with Crippen LogP contribution in [0.1, 0.15) is 57.4 Å². The molecule has 0 aromatic heterocycles. The Hall–Kier alpha value is -1.82. The van der Waals surface area contributed by atoms with Gasteiger partial charge in [0.15, 0.2) is 0 Å². The van der Waals surface area contributed by atoms with Gasteiger partial charge in [0.1, 0.15) is 0 Å². The molecule has 0 aliphatic rings. The second-order valence-corrected chi connectivity index (χ2v) is 6.71. The molecule has 0 fully saturated rings. The maximum absolute atomic E-state index is 2.38. The fourth-order valence-electron chi connectivity index (χ4n) is 3.52. The lowest BCUT2D eigenvalue weighted by molar-refractivity contribution is 0.590. The highest BCUT2D eigenvalue weighted by molar-refractivity contribution is 5.99. The third kappa shape index (κ3) is 4.13. The van der Waals surface area contributed by atoms with Gasteiger partial charge in [-0.1, -0.05) is 87.9 Å². The molecule has 3 aromatic rings. The second-order valence-electron chi connectivity index (χ2n) is 6.71. The molecule has 0 saturated heterocycles. The zero-order valence-corrected chi connectivity index (χ0v) is 14.4. The van der Waals surface area contributed by atoms with Crippen molar-refractivity contribution in [3.63, 3.8) is 0 Å². The van der Waals surface area contributed by atoms with Crippen LogP contribution in [0.2, 0.25) is 0 Å². The minimum absolute atomic E-state index is 1.21. The van der Waals surface area contributed by atoms with Crippen molar-refractivity contribution < 1.29 is 0 Å². The highest BCUT2D eigenvalue weighted by Crippen LogP contribution is 2.26. The number of fused-ring (bicyclic) bond motifs is 2. The lowest BCUT2D eigenvalue weighted by Crippen LogP contribution is -1.89. The van der Waals surface area contributed by atoms with E-state index in [1.165, 1.54) is 78.5 Å². The first kappa shape index (κ1) is 16.1. The third-order valence-electron chi connectivity index (χ3n) is 4.89. The Labute approximate surface area is 140 Å². The van der Waals surface area contributed by atoms with Crippen LogP contribution in [0.15, 0.2) is 54.6 Å². The molecule has 0 nitrogen and oxygen atoms in total. The number of aryl methyl sites for hydroxylation is 1. The molecule has 0 unspecified atom stereocenters. The van der Waals surface area contributed by atoms with Gasteiger partial charge in [0.05, 0.1) is 0 Å². The molecule has 0 aliphatic heterocycles. The van der Waals surface area contributed by atoms with Gasteiger partial charge in [0, 0.05) is 0 Å². The first-order valence-corrected chi connectivity index (χ1v) is 9.29. The predicted octanol–water partition coefficient (Wildman–Crippen LogP) is 7.29. The summed E-state index contributed by atoms with van der Waals surface area (Å²) in [6.07, 6.45) is 10.9. The average Bonchev–Trinajstić information content (AvgIpc) is 2.59. The Kier molecular flexibility index (Phi) is 5.69. The summed E-state index contributed by atoms with van der Waals surface area (Å²) >= 11 is 0. The predicted molar refractivity (Wildman–Crippen MR) is 103 cm³/mol. The maximum atomic E-state index is 2.38. The van der Waals surface area contributed by atoms with Gasteiger partial charge in [0.2, 0.25) is 0 Å². The Morgan fingerprint density at radius 3 is 2.04 bits per heavy atom. The smallest absolute Gasteiger partial charge is 0.0146 e. The van der Waals surface area contributed by atoms with Crippen molar-refractivity contribution in [1.29, 1.82) is 0 Å². The van der Waals surface area contributed by atoms with Crippen LogP contribution in [-0.2, 0) is 6.42 Å². The molecule has 0 atom stereocenters. The van der Waals surface area contributed by atoms with Crippen LogP contribution < -0.4 is 0 Å². The van der Waals surface area contributed by atoms with E-state index in [1.807, 2.05) is 0 Å². The first-order valence-electron chi connectivity index (χ1n) is 9.29. The van der Waals surface area contributed by atoms with Crippen molar-refractivity contribution in [3.05, 3.63) is 60.2 Å². The summed E-state index contributed by atoms with van der Waals surface area (Å²) in [4.78, 5) is 0. The number of benzene rings is 3. The molecule has 0 spiro atoms. The fourth-order valence-corrected chi connectivity index (χ4v) is 3.52. The van der Waals surface area contributed by atoms with E-state index in [2.05, 4.69) is 61.5 Å². The molecule has 0 aliphatic carbocycles. The summed E-state index contributed by atoms with van der Waals surface area (Å²) in [5.41, 5.74) is 1.52. The summed E-state index contributed by atoms with van der Waals surface area (Å²) in [7, 11) is 0. The average molecular weight is 304 g/mol. The first-order chi connectivity index (χ1) is 11.4. The second kappa shape index (κ2) is 8.15. The number of hydrogen-bond acceptors (Lipinski definition) is 0. The van der Waals surface area contributed by atoms with Crippen LogP contribution in [0.4, 0.5) is 0 Å². The van der Waals surface area contributed by atoms with Gasteiger partial charge >= 0.3 is 0 Å². The van der Waals surface area contributed by atoms with E-state index in [0.29, 0.717) is 0 Å². The van der Waals surface area contributed by atoms with Crippen molar-refractivity contribution >= 4 is 21.5 Å². The van der Waals surface area contributed by atoms with Gasteiger partial charge in [-0.25, -0.2) is 0 Å². The Balaban J connectivity index is 1.67. The maximum Gasteiger partial charge on any atom is -0.0146 e. The quantitative estimate of drug-likeness (QED) is 0.303. The van der Waals surface area contributed by atoms with Gasteiger partial charge in [-0.3, -0.25) is 0 Å². The van der Waals surface area contributed by atoms with Crippen molar-refractivity contribution in [2.24, 2.45) is 0 Å². The Morgan fingerprint density at radius 2 is 1.26 bits per heavy atom. The van der Waals surface area contributed by atoms with Crippen LogP contribution >= 0.6 is 0 Å². The zero-order chi connectivity index (χ0) is 15.9. The highest BCUT2D eigenvalue weighted by Gasteiger charge is 2.03. The molecular weight excluding hydrogens is 276 g/mol. The number of rotatable bonds is 8. The Bertz CT molecular complexity index is 754. The van der Waals surface area contributed by atoms with Crippen molar-refractivity contribution in [3.8, 4) is 0 Å². The van der Waals surface area contributed by atoms with Gasteiger partial charge in [-0.05, 0) is 52.1 Å². The van der Waals surface area contributed by atoms with Crippen LogP contribution in [0.3, 0.4) is 0 Å². The van der Waals surface area contributed by atoms with Crippen LogP contribution in [0.25, 0.3) is 21.5 Å². The summed E-state index contributed by atoms with van der Waals surface area (Å²) in [5, 5.41) is 5.52. The van der Waals surface area contributed by atoms with Crippen LogP contribution in [0.5, 0.6) is 0 Å². The molecule has 23 heavy (non-hydrogen) atoms. The van der Waals surface area contributed by atoms with E-state index >= 15 is 0 Å². The van der Waals surface area contributed by atoms with E-state index in [0.717, 1.165) is 0 Å². The molecule has 0 bridgehead atoms. The Morgan fingerprint density at radius 1 is 0.609 bits per heavy atom. The van der Waals surface area contributed by atoms with E-state index < -0.39 is 0 Å². The van der Waals surface area contributed by atoms with Gasteiger partial charge in [0.25, 0.3) is 0 Å². The fraction of sp³-hybridized carbons (Fsp3) is 0.391. The molecule has 0 radical (unpaired) electrons. The number of unbranched alkanes of at least 4 members (excludes halogenated alkanes) is 6. The van der Waals surface area contributed by atoms with E-state index in [9.17, 15) is 0 Å². The molecular formula is C23H28. The standard InChI is InChI=1S/C23H28/c1-2-3-4-5-6-7-8-12-19-15-11-16-22-17-20-13-9-10-14-21(20)18-23(19)22/h9-11,13-18H,2-8,12H2,1H3. The van der Waals surface area contributed by atoms with Crippen molar-refractivity contribution in [2.45, 2.75) is 58.3 Å². The van der Waals surface area contributed by atoms with Crippen molar-refractivity contribution in [2.75, 3.05) is 0 Å². The molecule has 120 valence electrons. The molecule has 0 amide bonds. The lowest BCUT2D eigenvalue weighted by Gasteiger charge is -2.09. The van der Waals surface area contributed by atoms with E-state index in [4.69, 9.17) is 0 Å². The monoisotopic (exact) mass is 304 g/mol. The van der Waals surface area contributed by atoms with Crippen LogP contribution in [0, 0.1) is 0 Å². The number of hydrogen-bond donors (Lipinski definition) is 0. The lowest BCUT2D eigenvalue weighted by atomic mass is 9.96. The minimum Gasteiger partial charge on any atom is -0.0654 e. The summed E-state index contributed by atoms with van der Waals surface area (Å²) in [6.45, 7) is 2.28. The molecule has 3 rings (SSSR count). The van der Waals surface area contributed by atoms with Gasteiger partial charge in [-0.2, -0.15) is 0 Å². The van der Waals surface area contributed by atoms with E-state index in [1.54, 1.807) is 0 Å². The van der Waals surface area contributed by atoms with Crippen LogP contribution in [-0.4, -0.2) is 0 Å². The van der Waals surface area contributed by atoms with E-state index in [-0.39, 0.29) is 0 Å². The third-order valence-corrected chi connectivity index (χ3v) is 4.89. The summed E-state index contributed by atoms with van der Waals surface area (Å²) < 4.78 is 0. The van der Waals surface area contributed by atoms with Gasteiger partial charge in [-0.15, -0.1) is 0 Å². The molecule has 0 saturated carbocycles. The topological polar surface area (TPSA) is 0 Å². The molecule has 0 N–H and O–H groups in total. The highest BCUT2D eigenvalue weighted by atomic mass is 14.1. The van der Waals surface area contributed by atoms with Crippen molar-refractivity contribution in [1.82, 2.24) is 0 Å². The molecule has 0 heteroatoms. The molecule has 0 heterocycles. The summed E-state index contributed by atoms with van der Waals surface area (Å²) in [6, 6.07) is 20.2. The summed E-state index contributed by atoms with van der Waals surface area (Å²) in [5.74, 6) is 0. The normalized spacial score (nSPS) is 11.3. The van der Waals surface area contributed by atoms with Gasteiger partial charge < -0.3 is 0 Å². The molecule has 3 aromatic carbocycles. The largest absolute Gasteiger partial charge is 0.0654 e.